The molecule has 2 aliphatic carbocycles. The van der Waals surface area contributed by atoms with E-state index >= 15 is 0 Å². The van der Waals surface area contributed by atoms with Crippen molar-refractivity contribution in [3.8, 4) is 0 Å². The number of rotatable bonds is 1. The van der Waals surface area contributed by atoms with Crippen LogP contribution in [0.25, 0.3) is 0 Å². The van der Waals surface area contributed by atoms with Gasteiger partial charge in [-0.1, -0.05) is 43.2 Å². The summed E-state index contributed by atoms with van der Waals surface area (Å²) < 4.78 is 0. The van der Waals surface area contributed by atoms with E-state index in [0.29, 0.717) is 5.78 Å². The zero-order chi connectivity index (χ0) is 11.8. The molecule has 3 rings (SSSR count). The Labute approximate surface area is 103 Å². The van der Waals surface area contributed by atoms with Crippen LogP contribution < -0.4 is 0 Å². The maximum absolute atomic E-state index is 12.5. The van der Waals surface area contributed by atoms with E-state index in [0.717, 1.165) is 36.3 Å². The summed E-state index contributed by atoms with van der Waals surface area (Å²) in [6, 6.07) is 8.09. The van der Waals surface area contributed by atoms with Crippen LogP contribution in [0.15, 0.2) is 35.4 Å². The Kier molecular flexibility index (Phi) is 2.62. The lowest BCUT2D eigenvalue weighted by molar-refractivity contribution is 0.101. The molecule has 0 saturated carbocycles. The molecule has 1 heteroatoms. The summed E-state index contributed by atoms with van der Waals surface area (Å²) in [5.74, 6) is 1.03. The van der Waals surface area contributed by atoms with Crippen LogP contribution in [0, 0.1) is 5.92 Å². The Morgan fingerprint density at radius 1 is 1.29 bits per heavy atom. The topological polar surface area (TPSA) is 17.1 Å². The number of Topliss-reactive ketones (excluding diaryl/α,β-unsaturated/α-hetero) is 1. The Morgan fingerprint density at radius 3 is 2.94 bits per heavy atom. The molecular weight excluding hydrogens is 208 g/mol. The lowest BCUT2D eigenvalue weighted by atomic mass is 9.74. The monoisotopic (exact) mass is 226 g/mol. The highest BCUT2D eigenvalue weighted by Gasteiger charge is 2.29. The molecule has 0 aromatic heterocycles. The second-order valence-electron chi connectivity index (χ2n) is 5.26. The molecule has 0 saturated heterocycles. The number of benzene rings is 1. The molecule has 1 unspecified atom stereocenters. The fourth-order valence-electron chi connectivity index (χ4n) is 3.15. The zero-order valence-corrected chi connectivity index (χ0v) is 10.3. The average Bonchev–Trinajstić information content (AvgIpc) is 2.39. The highest BCUT2D eigenvalue weighted by Crippen LogP contribution is 2.38. The maximum atomic E-state index is 12.5. The normalized spacial score (nSPS) is 23.4. The summed E-state index contributed by atoms with van der Waals surface area (Å²) in [6.07, 6.45) is 5.62. The van der Waals surface area contributed by atoms with Crippen molar-refractivity contribution in [1.82, 2.24) is 0 Å². The molecule has 17 heavy (non-hydrogen) atoms. The van der Waals surface area contributed by atoms with Crippen LogP contribution in [-0.4, -0.2) is 5.78 Å². The van der Waals surface area contributed by atoms with Crippen LogP contribution in [-0.2, 0) is 6.42 Å². The van der Waals surface area contributed by atoms with E-state index in [2.05, 4.69) is 13.0 Å². The highest BCUT2D eigenvalue weighted by atomic mass is 16.1. The summed E-state index contributed by atoms with van der Waals surface area (Å²) in [6.45, 7) is 2.23. The van der Waals surface area contributed by atoms with Crippen molar-refractivity contribution >= 4 is 5.78 Å². The molecule has 1 aromatic rings. The van der Waals surface area contributed by atoms with Gasteiger partial charge >= 0.3 is 0 Å². The predicted octanol–water partition coefficient (Wildman–Crippen LogP) is 3.93. The number of allylic oxidation sites excluding steroid dienone is 2. The van der Waals surface area contributed by atoms with E-state index in [9.17, 15) is 4.79 Å². The van der Waals surface area contributed by atoms with Crippen molar-refractivity contribution < 1.29 is 4.79 Å². The Bertz CT molecular complexity index is 496. The van der Waals surface area contributed by atoms with Gasteiger partial charge < -0.3 is 0 Å². The average molecular weight is 226 g/mol. The van der Waals surface area contributed by atoms with Crippen molar-refractivity contribution in [3.05, 3.63) is 46.5 Å². The molecule has 0 fully saturated rings. The molecule has 1 nitrogen and oxygen atoms in total. The van der Waals surface area contributed by atoms with Gasteiger partial charge in [-0.15, -0.1) is 0 Å². The molecule has 0 heterocycles. The van der Waals surface area contributed by atoms with E-state index in [1.807, 2.05) is 18.2 Å². The molecule has 0 bridgehead atoms. The smallest absolute Gasteiger partial charge is 0.189 e. The number of ketones is 1. The van der Waals surface area contributed by atoms with Crippen molar-refractivity contribution in [2.24, 2.45) is 5.92 Å². The largest absolute Gasteiger partial charge is 0.289 e. The number of carbonyl (C=O) groups is 1. The Hall–Kier alpha value is -1.37. The number of hydrogen-bond donors (Lipinski definition) is 0. The summed E-state index contributed by atoms with van der Waals surface area (Å²) in [5, 5.41) is 0. The SMILES string of the molecule is CCC1CCC2=C(C1)C(=O)c1ccccc1C2. The van der Waals surface area contributed by atoms with Crippen LogP contribution in [0.2, 0.25) is 0 Å². The Morgan fingerprint density at radius 2 is 2.12 bits per heavy atom. The first-order chi connectivity index (χ1) is 8.29. The zero-order valence-electron chi connectivity index (χ0n) is 10.3. The molecule has 1 aromatic carbocycles. The third kappa shape index (κ3) is 1.74. The van der Waals surface area contributed by atoms with E-state index in [-0.39, 0.29) is 0 Å². The number of hydrogen-bond acceptors (Lipinski definition) is 1. The third-order valence-electron chi connectivity index (χ3n) is 4.29. The van der Waals surface area contributed by atoms with E-state index < -0.39 is 0 Å². The van der Waals surface area contributed by atoms with Crippen LogP contribution in [0.5, 0.6) is 0 Å². The summed E-state index contributed by atoms with van der Waals surface area (Å²) >= 11 is 0. The minimum Gasteiger partial charge on any atom is -0.289 e. The van der Waals surface area contributed by atoms with E-state index in [1.54, 1.807) is 0 Å². The van der Waals surface area contributed by atoms with Gasteiger partial charge in [-0.25, -0.2) is 0 Å². The molecule has 0 radical (unpaired) electrons. The van der Waals surface area contributed by atoms with Gasteiger partial charge in [-0.05, 0) is 42.7 Å². The van der Waals surface area contributed by atoms with Crippen molar-refractivity contribution in [2.75, 3.05) is 0 Å². The van der Waals surface area contributed by atoms with E-state index in [4.69, 9.17) is 0 Å². The molecule has 2 aliphatic rings. The van der Waals surface area contributed by atoms with Gasteiger partial charge in [0.1, 0.15) is 0 Å². The van der Waals surface area contributed by atoms with Gasteiger partial charge in [0.05, 0.1) is 0 Å². The highest BCUT2D eigenvalue weighted by molar-refractivity contribution is 6.11. The lowest BCUT2D eigenvalue weighted by Gasteiger charge is -2.30. The molecule has 0 spiro atoms. The predicted molar refractivity (Wildman–Crippen MR) is 69.1 cm³/mol. The van der Waals surface area contributed by atoms with Crippen LogP contribution in [0.3, 0.4) is 0 Å². The standard InChI is InChI=1S/C16H18O/c1-2-11-7-8-13-10-12-5-3-4-6-14(12)16(17)15(13)9-11/h3-6,11H,2,7-10H2,1H3. The quantitative estimate of drug-likeness (QED) is 0.709. The second-order valence-corrected chi connectivity index (χ2v) is 5.26. The summed E-state index contributed by atoms with van der Waals surface area (Å²) in [7, 11) is 0. The molecule has 1 atom stereocenters. The van der Waals surface area contributed by atoms with Crippen LogP contribution >= 0.6 is 0 Å². The van der Waals surface area contributed by atoms with Crippen LogP contribution in [0.4, 0.5) is 0 Å². The minimum absolute atomic E-state index is 0.306. The first-order valence-electron chi connectivity index (χ1n) is 6.63. The summed E-state index contributed by atoms with van der Waals surface area (Å²) in [4.78, 5) is 12.5. The fourth-order valence-corrected chi connectivity index (χ4v) is 3.15. The molecule has 88 valence electrons. The number of fused-ring (bicyclic) bond motifs is 1. The number of carbonyl (C=O) groups excluding carboxylic acids is 1. The Balaban J connectivity index is 1.99. The van der Waals surface area contributed by atoms with Crippen molar-refractivity contribution in [3.63, 3.8) is 0 Å². The van der Waals surface area contributed by atoms with Gasteiger partial charge in [0.25, 0.3) is 0 Å². The van der Waals surface area contributed by atoms with Gasteiger partial charge in [0.15, 0.2) is 5.78 Å². The van der Waals surface area contributed by atoms with E-state index in [1.165, 1.54) is 24.0 Å². The van der Waals surface area contributed by atoms with Gasteiger partial charge in [-0.2, -0.15) is 0 Å². The first kappa shape index (κ1) is 10.8. The molecular formula is C16H18O. The lowest BCUT2D eigenvalue weighted by Crippen LogP contribution is -2.22. The van der Waals surface area contributed by atoms with Gasteiger partial charge in [0, 0.05) is 5.56 Å². The second kappa shape index (κ2) is 4.14. The summed E-state index contributed by atoms with van der Waals surface area (Å²) in [5.41, 5.74) is 4.73. The van der Waals surface area contributed by atoms with Gasteiger partial charge in [-0.3, -0.25) is 4.79 Å². The maximum Gasteiger partial charge on any atom is 0.189 e. The van der Waals surface area contributed by atoms with Crippen LogP contribution in [0.1, 0.15) is 48.5 Å². The molecule has 0 N–H and O–H groups in total. The fraction of sp³-hybridized carbons (Fsp3) is 0.438. The molecule has 0 amide bonds. The van der Waals surface area contributed by atoms with Crippen molar-refractivity contribution in [2.45, 2.75) is 39.0 Å². The van der Waals surface area contributed by atoms with Gasteiger partial charge in [0.2, 0.25) is 0 Å². The molecule has 0 aliphatic heterocycles. The third-order valence-corrected chi connectivity index (χ3v) is 4.29. The minimum atomic E-state index is 0.306. The van der Waals surface area contributed by atoms with Crippen molar-refractivity contribution in [1.29, 1.82) is 0 Å². The first-order valence-corrected chi connectivity index (χ1v) is 6.63.